The number of aromatic nitrogens is 2. The first-order chi connectivity index (χ1) is 19.7. The standard InChI is InChI=1S/C30H32F3N5O3/c1-17-5-4-6-24(17)38-12-8-22(19(16-38)28(39)36-30(9-10-30)26-7-2-3-11-34-26)35-29(40)23-15-25(41-37-23)27-20(32)13-18(31)14-21(27)33/h2-3,7,11,13-15,17,19,22,24H,4-6,8-10,12,16H2,1H3,(H,35,40)(H,36,39)/t17-,19+,22+,24+/m0/s1. The Morgan fingerprint density at radius 3 is 2.51 bits per heavy atom. The van der Waals surface area contributed by atoms with Crippen molar-refractivity contribution >= 4 is 11.8 Å². The number of hydrogen-bond donors (Lipinski definition) is 2. The Bertz CT molecular complexity index is 1420. The van der Waals surface area contributed by atoms with Crippen LogP contribution in [-0.4, -0.2) is 52.0 Å². The van der Waals surface area contributed by atoms with E-state index >= 15 is 0 Å². The van der Waals surface area contributed by atoms with E-state index in [0.717, 1.165) is 50.4 Å². The molecule has 8 nitrogen and oxygen atoms in total. The first-order valence-corrected chi connectivity index (χ1v) is 14.1. The molecule has 1 saturated heterocycles. The number of halogens is 3. The van der Waals surface area contributed by atoms with Crippen LogP contribution in [0.4, 0.5) is 13.2 Å². The van der Waals surface area contributed by atoms with Crippen molar-refractivity contribution in [2.75, 3.05) is 13.1 Å². The van der Waals surface area contributed by atoms with Gasteiger partial charge in [0.05, 0.1) is 22.7 Å². The monoisotopic (exact) mass is 567 g/mol. The van der Waals surface area contributed by atoms with E-state index in [9.17, 15) is 22.8 Å². The van der Waals surface area contributed by atoms with Gasteiger partial charge in [0.1, 0.15) is 17.5 Å². The highest BCUT2D eigenvalue weighted by molar-refractivity contribution is 5.94. The number of nitrogens with one attached hydrogen (secondary N) is 2. The molecule has 3 heterocycles. The molecule has 3 aromatic rings. The molecule has 0 unspecified atom stereocenters. The third-order valence-electron chi connectivity index (χ3n) is 8.85. The number of benzene rings is 1. The maximum absolute atomic E-state index is 14.3. The van der Waals surface area contributed by atoms with Crippen molar-refractivity contribution in [2.24, 2.45) is 11.8 Å². The predicted molar refractivity (Wildman–Crippen MR) is 143 cm³/mol. The fraction of sp³-hybridized carbons (Fsp3) is 0.467. The number of nitrogens with zero attached hydrogens (tertiary/aromatic N) is 3. The molecule has 3 fully saturated rings. The summed E-state index contributed by atoms with van der Waals surface area (Å²) in [6, 6.07) is 7.72. The highest BCUT2D eigenvalue weighted by Crippen LogP contribution is 2.45. The Morgan fingerprint density at radius 2 is 1.85 bits per heavy atom. The topological polar surface area (TPSA) is 100 Å². The maximum atomic E-state index is 14.3. The summed E-state index contributed by atoms with van der Waals surface area (Å²) in [6.07, 6.45) is 7.25. The van der Waals surface area contributed by atoms with E-state index in [-0.39, 0.29) is 17.4 Å². The number of carbonyl (C=O) groups is 2. The maximum Gasteiger partial charge on any atom is 0.273 e. The average Bonchev–Trinajstić information content (AvgIpc) is 3.33. The molecular formula is C30H32F3N5O3. The summed E-state index contributed by atoms with van der Waals surface area (Å²) < 4.78 is 46.9. The van der Waals surface area contributed by atoms with Gasteiger partial charge in [-0.1, -0.05) is 24.6 Å². The van der Waals surface area contributed by atoms with Crippen LogP contribution in [0.2, 0.25) is 0 Å². The van der Waals surface area contributed by atoms with Crippen LogP contribution in [0.15, 0.2) is 47.1 Å². The van der Waals surface area contributed by atoms with Crippen molar-refractivity contribution in [1.29, 1.82) is 0 Å². The van der Waals surface area contributed by atoms with E-state index in [1.54, 1.807) is 6.20 Å². The van der Waals surface area contributed by atoms with Crippen molar-refractivity contribution in [3.63, 3.8) is 0 Å². The molecule has 11 heteroatoms. The summed E-state index contributed by atoms with van der Waals surface area (Å²) >= 11 is 0. The molecule has 2 N–H and O–H groups in total. The molecular weight excluding hydrogens is 535 g/mol. The van der Waals surface area contributed by atoms with Gasteiger partial charge in [-0.15, -0.1) is 0 Å². The second-order valence-corrected chi connectivity index (χ2v) is 11.6. The van der Waals surface area contributed by atoms with Gasteiger partial charge in [0.2, 0.25) is 5.91 Å². The van der Waals surface area contributed by atoms with Crippen molar-refractivity contribution in [1.82, 2.24) is 25.7 Å². The van der Waals surface area contributed by atoms with E-state index in [4.69, 9.17) is 4.52 Å². The van der Waals surface area contributed by atoms with Gasteiger partial charge in [0.15, 0.2) is 11.5 Å². The quantitative estimate of drug-likeness (QED) is 0.434. The average molecular weight is 568 g/mol. The van der Waals surface area contributed by atoms with E-state index < -0.39 is 46.4 Å². The molecule has 0 bridgehead atoms. The summed E-state index contributed by atoms with van der Waals surface area (Å²) in [5.41, 5.74) is -0.485. The predicted octanol–water partition coefficient (Wildman–Crippen LogP) is 4.57. The lowest BCUT2D eigenvalue weighted by molar-refractivity contribution is -0.129. The molecule has 1 aliphatic heterocycles. The molecule has 2 aromatic heterocycles. The minimum absolute atomic E-state index is 0.148. The SMILES string of the molecule is C[C@H]1CCC[C@H]1N1CC[C@@H](NC(=O)c2cc(-c3c(F)cc(F)cc3F)on2)[C@H](C(=O)NC2(c3ccccn3)CC2)C1. The van der Waals surface area contributed by atoms with Crippen molar-refractivity contribution in [3.05, 3.63) is 71.4 Å². The minimum atomic E-state index is -1.17. The van der Waals surface area contributed by atoms with Crippen molar-refractivity contribution < 1.29 is 27.3 Å². The lowest BCUT2D eigenvalue weighted by Gasteiger charge is -2.42. The lowest BCUT2D eigenvalue weighted by Crippen LogP contribution is -2.58. The summed E-state index contributed by atoms with van der Waals surface area (Å²) in [7, 11) is 0. The van der Waals surface area contributed by atoms with Crippen LogP contribution >= 0.6 is 0 Å². The molecule has 2 aliphatic carbocycles. The summed E-state index contributed by atoms with van der Waals surface area (Å²) in [4.78, 5) is 33.9. The van der Waals surface area contributed by atoms with Gasteiger partial charge in [-0.2, -0.15) is 0 Å². The van der Waals surface area contributed by atoms with Gasteiger partial charge in [-0.3, -0.25) is 19.5 Å². The van der Waals surface area contributed by atoms with Gasteiger partial charge in [0, 0.05) is 49.6 Å². The van der Waals surface area contributed by atoms with Crippen LogP contribution in [0.3, 0.4) is 0 Å². The molecule has 4 atom stereocenters. The van der Waals surface area contributed by atoms with Crippen LogP contribution in [0.1, 0.15) is 61.6 Å². The Labute approximate surface area is 235 Å². The zero-order valence-corrected chi connectivity index (χ0v) is 22.7. The number of pyridine rings is 1. The molecule has 0 radical (unpaired) electrons. The summed E-state index contributed by atoms with van der Waals surface area (Å²) in [5.74, 6) is -4.51. The van der Waals surface area contributed by atoms with Crippen molar-refractivity contribution in [2.45, 2.75) is 63.1 Å². The molecule has 1 aromatic carbocycles. The third-order valence-corrected chi connectivity index (χ3v) is 8.85. The molecule has 216 valence electrons. The third kappa shape index (κ3) is 5.47. The van der Waals surface area contributed by atoms with Crippen LogP contribution in [0, 0.1) is 29.3 Å². The lowest BCUT2D eigenvalue weighted by atomic mass is 9.88. The molecule has 2 amide bonds. The van der Waals surface area contributed by atoms with Gasteiger partial charge in [0.25, 0.3) is 5.91 Å². The molecule has 0 spiro atoms. The Hall–Kier alpha value is -3.73. The molecule has 41 heavy (non-hydrogen) atoms. The second-order valence-electron chi connectivity index (χ2n) is 11.6. The zero-order valence-electron chi connectivity index (χ0n) is 22.7. The number of carbonyl (C=O) groups excluding carboxylic acids is 2. The smallest absolute Gasteiger partial charge is 0.273 e. The number of hydrogen-bond acceptors (Lipinski definition) is 6. The van der Waals surface area contributed by atoms with Crippen LogP contribution in [-0.2, 0) is 10.3 Å². The fourth-order valence-electron chi connectivity index (χ4n) is 6.45. The number of rotatable bonds is 7. The minimum Gasteiger partial charge on any atom is -0.355 e. The fourth-order valence-corrected chi connectivity index (χ4v) is 6.45. The summed E-state index contributed by atoms with van der Waals surface area (Å²) in [6.45, 7) is 3.47. The number of likely N-dealkylation sites (tertiary alicyclic amines) is 1. The second kappa shape index (κ2) is 10.9. The Kier molecular flexibility index (Phi) is 7.31. The Balaban J connectivity index is 1.21. The van der Waals surface area contributed by atoms with Crippen LogP contribution < -0.4 is 10.6 Å². The zero-order chi connectivity index (χ0) is 28.7. The van der Waals surface area contributed by atoms with Gasteiger partial charge in [-0.05, 0) is 50.2 Å². The van der Waals surface area contributed by atoms with Gasteiger partial charge >= 0.3 is 0 Å². The van der Waals surface area contributed by atoms with Gasteiger partial charge in [-0.25, -0.2) is 13.2 Å². The van der Waals surface area contributed by atoms with E-state index in [1.807, 2.05) is 18.2 Å². The normalized spacial score (nSPS) is 25.6. The largest absolute Gasteiger partial charge is 0.355 e. The highest BCUT2D eigenvalue weighted by atomic mass is 19.1. The number of amides is 2. The highest BCUT2D eigenvalue weighted by Gasteiger charge is 2.49. The molecule has 6 rings (SSSR count). The van der Waals surface area contributed by atoms with E-state index in [1.165, 1.54) is 0 Å². The molecule has 2 saturated carbocycles. The molecule has 3 aliphatic rings. The van der Waals surface area contributed by atoms with E-state index in [2.05, 4.69) is 32.6 Å². The first-order valence-electron chi connectivity index (χ1n) is 14.1. The van der Waals surface area contributed by atoms with E-state index in [0.29, 0.717) is 37.1 Å². The van der Waals surface area contributed by atoms with Crippen LogP contribution in [0.5, 0.6) is 0 Å². The Morgan fingerprint density at radius 1 is 1.07 bits per heavy atom. The first kappa shape index (κ1) is 27.4. The van der Waals surface area contributed by atoms with Gasteiger partial charge < -0.3 is 15.2 Å². The van der Waals surface area contributed by atoms with Crippen molar-refractivity contribution in [3.8, 4) is 11.3 Å². The summed E-state index contributed by atoms with van der Waals surface area (Å²) in [5, 5.41) is 9.86. The van der Waals surface area contributed by atoms with Crippen LogP contribution in [0.25, 0.3) is 11.3 Å². The number of piperidine rings is 1.